The Morgan fingerprint density at radius 2 is 1.75 bits per heavy atom. The van der Waals surface area contributed by atoms with Crippen LogP contribution in [-0.4, -0.2) is 37.8 Å². The molecule has 0 N–H and O–H groups in total. The molecule has 3 rings (SSSR count). The van der Waals surface area contributed by atoms with E-state index >= 15 is 0 Å². The highest BCUT2D eigenvalue weighted by Gasteiger charge is 2.41. The average molecular weight is 295 g/mol. The maximum atomic E-state index is 11.3. The number of fused-ring (bicyclic) bond motifs is 2. The van der Waals surface area contributed by atoms with E-state index in [0.717, 1.165) is 38.5 Å². The molecule has 0 saturated carbocycles. The van der Waals surface area contributed by atoms with E-state index in [0.29, 0.717) is 12.1 Å². The van der Waals surface area contributed by atoms with Crippen LogP contribution in [0, 0.1) is 0 Å². The van der Waals surface area contributed by atoms with Crippen molar-refractivity contribution >= 4 is 10.1 Å². The molecule has 5 heteroatoms. The third-order valence-corrected chi connectivity index (χ3v) is 4.98. The Hall–Kier alpha value is -0.910. The van der Waals surface area contributed by atoms with Crippen molar-refractivity contribution in [2.24, 2.45) is 0 Å². The highest BCUT2D eigenvalue weighted by molar-refractivity contribution is 7.86. The summed E-state index contributed by atoms with van der Waals surface area (Å²) < 4.78 is 27.7. The quantitative estimate of drug-likeness (QED) is 0.799. The zero-order valence-electron chi connectivity index (χ0n) is 11.7. The highest BCUT2D eigenvalue weighted by atomic mass is 32.2. The zero-order chi connectivity index (χ0) is 14.2. The molecule has 20 heavy (non-hydrogen) atoms. The van der Waals surface area contributed by atoms with E-state index in [1.165, 1.54) is 5.56 Å². The van der Waals surface area contributed by atoms with Gasteiger partial charge in [-0.1, -0.05) is 30.3 Å². The molecule has 2 fully saturated rings. The SMILES string of the molecule is CS(=O)(=O)OC1CC2CCC(C1)N2Cc1ccccc1. The molecular weight excluding hydrogens is 274 g/mol. The van der Waals surface area contributed by atoms with Gasteiger partial charge in [0.05, 0.1) is 12.4 Å². The predicted molar refractivity (Wildman–Crippen MR) is 77.7 cm³/mol. The van der Waals surface area contributed by atoms with Gasteiger partial charge in [-0.05, 0) is 31.2 Å². The van der Waals surface area contributed by atoms with Crippen LogP contribution in [0.25, 0.3) is 0 Å². The summed E-state index contributed by atoms with van der Waals surface area (Å²) in [6.07, 6.45) is 4.98. The van der Waals surface area contributed by atoms with Gasteiger partial charge in [0, 0.05) is 18.6 Å². The minimum absolute atomic E-state index is 0.130. The van der Waals surface area contributed by atoms with E-state index in [2.05, 4.69) is 29.2 Å². The fourth-order valence-electron chi connectivity index (χ4n) is 3.60. The molecule has 2 atom stereocenters. The first-order valence-electron chi connectivity index (χ1n) is 7.19. The van der Waals surface area contributed by atoms with Gasteiger partial charge in [0.2, 0.25) is 0 Å². The maximum absolute atomic E-state index is 11.3. The first-order chi connectivity index (χ1) is 9.51. The van der Waals surface area contributed by atoms with Crippen molar-refractivity contribution in [1.29, 1.82) is 0 Å². The van der Waals surface area contributed by atoms with Crippen LogP contribution in [0.1, 0.15) is 31.2 Å². The largest absolute Gasteiger partial charge is 0.293 e. The maximum Gasteiger partial charge on any atom is 0.264 e. The number of hydrogen-bond acceptors (Lipinski definition) is 4. The average Bonchev–Trinajstić information content (AvgIpc) is 2.61. The molecule has 2 saturated heterocycles. The molecule has 2 aliphatic heterocycles. The summed E-state index contributed by atoms with van der Waals surface area (Å²) >= 11 is 0. The van der Waals surface area contributed by atoms with Crippen LogP contribution in [0.15, 0.2) is 30.3 Å². The van der Waals surface area contributed by atoms with Gasteiger partial charge < -0.3 is 0 Å². The molecule has 0 radical (unpaired) electrons. The fourth-order valence-corrected chi connectivity index (χ4v) is 4.25. The van der Waals surface area contributed by atoms with E-state index < -0.39 is 10.1 Å². The van der Waals surface area contributed by atoms with Crippen molar-refractivity contribution in [3.8, 4) is 0 Å². The van der Waals surface area contributed by atoms with Gasteiger partial charge in [0.1, 0.15) is 0 Å². The van der Waals surface area contributed by atoms with Gasteiger partial charge in [0.15, 0.2) is 0 Å². The lowest BCUT2D eigenvalue weighted by atomic mass is 9.99. The van der Waals surface area contributed by atoms with Crippen LogP contribution >= 0.6 is 0 Å². The number of hydrogen-bond donors (Lipinski definition) is 0. The number of nitrogens with zero attached hydrogens (tertiary/aromatic N) is 1. The summed E-state index contributed by atoms with van der Waals surface area (Å²) in [5.74, 6) is 0. The van der Waals surface area contributed by atoms with E-state index in [1.807, 2.05) is 6.07 Å². The minimum Gasteiger partial charge on any atom is -0.293 e. The first-order valence-corrected chi connectivity index (χ1v) is 9.01. The van der Waals surface area contributed by atoms with Crippen molar-refractivity contribution in [3.05, 3.63) is 35.9 Å². The Bertz CT molecular complexity index is 544. The van der Waals surface area contributed by atoms with Crippen molar-refractivity contribution < 1.29 is 12.6 Å². The third-order valence-electron chi connectivity index (χ3n) is 4.36. The minimum atomic E-state index is -3.34. The number of piperidine rings is 1. The molecule has 0 amide bonds. The Kier molecular flexibility index (Phi) is 3.84. The molecule has 0 aromatic heterocycles. The molecule has 4 nitrogen and oxygen atoms in total. The molecule has 1 aromatic carbocycles. The van der Waals surface area contributed by atoms with Gasteiger partial charge >= 0.3 is 0 Å². The standard InChI is InChI=1S/C15H21NO3S/c1-20(17,18)19-15-9-13-7-8-14(10-15)16(13)11-12-5-3-2-4-6-12/h2-6,13-15H,7-11H2,1H3. The predicted octanol–water partition coefficient (Wildman–Crippen LogP) is 2.16. The summed E-state index contributed by atoms with van der Waals surface area (Å²) in [5.41, 5.74) is 1.33. The second kappa shape index (κ2) is 5.47. The summed E-state index contributed by atoms with van der Waals surface area (Å²) in [7, 11) is -3.34. The third kappa shape index (κ3) is 3.22. The topological polar surface area (TPSA) is 46.6 Å². The number of benzene rings is 1. The van der Waals surface area contributed by atoms with E-state index in [1.54, 1.807) is 0 Å². The summed E-state index contributed by atoms with van der Waals surface area (Å²) in [5, 5.41) is 0. The summed E-state index contributed by atoms with van der Waals surface area (Å²) in [6.45, 7) is 0.960. The molecule has 110 valence electrons. The fraction of sp³-hybridized carbons (Fsp3) is 0.600. The molecule has 1 aromatic rings. The van der Waals surface area contributed by atoms with Gasteiger partial charge in [-0.15, -0.1) is 0 Å². The molecule has 2 heterocycles. The van der Waals surface area contributed by atoms with Crippen molar-refractivity contribution in [3.63, 3.8) is 0 Å². The number of rotatable bonds is 4. The van der Waals surface area contributed by atoms with E-state index in [9.17, 15) is 8.42 Å². The Balaban J connectivity index is 1.66. The Morgan fingerprint density at radius 3 is 2.30 bits per heavy atom. The van der Waals surface area contributed by atoms with Gasteiger partial charge in [-0.2, -0.15) is 8.42 Å². The molecule has 2 aliphatic rings. The van der Waals surface area contributed by atoms with Gasteiger partial charge in [0.25, 0.3) is 10.1 Å². The Morgan fingerprint density at radius 1 is 1.15 bits per heavy atom. The zero-order valence-corrected chi connectivity index (χ0v) is 12.6. The normalized spacial score (nSPS) is 30.6. The van der Waals surface area contributed by atoms with Crippen LogP contribution < -0.4 is 0 Å². The van der Waals surface area contributed by atoms with E-state index in [-0.39, 0.29) is 6.10 Å². The Labute approximate surface area is 120 Å². The van der Waals surface area contributed by atoms with E-state index in [4.69, 9.17) is 4.18 Å². The lowest BCUT2D eigenvalue weighted by Crippen LogP contribution is -2.45. The summed E-state index contributed by atoms with van der Waals surface area (Å²) in [6, 6.07) is 11.4. The van der Waals surface area contributed by atoms with Crippen LogP contribution in [0.4, 0.5) is 0 Å². The van der Waals surface area contributed by atoms with Crippen molar-refractivity contribution in [1.82, 2.24) is 4.90 Å². The van der Waals surface area contributed by atoms with Crippen LogP contribution in [0.5, 0.6) is 0 Å². The van der Waals surface area contributed by atoms with Crippen LogP contribution in [-0.2, 0) is 20.8 Å². The van der Waals surface area contributed by atoms with Gasteiger partial charge in [-0.3, -0.25) is 9.08 Å². The van der Waals surface area contributed by atoms with Gasteiger partial charge in [-0.25, -0.2) is 0 Å². The summed E-state index contributed by atoms with van der Waals surface area (Å²) in [4.78, 5) is 2.53. The lowest BCUT2D eigenvalue weighted by Gasteiger charge is -2.38. The molecule has 2 unspecified atom stereocenters. The highest BCUT2D eigenvalue weighted by Crippen LogP contribution is 2.38. The second-order valence-corrected chi connectivity index (χ2v) is 7.54. The lowest BCUT2D eigenvalue weighted by molar-refractivity contribution is 0.0485. The second-order valence-electron chi connectivity index (χ2n) is 5.94. The van der Waals surface area contributed by atoms with Crippen molar-refractivity contribution in [2.45, 2.75) is 50.4 Å². The molecule has 0 spiro atoms. The molecular formula is C15H21NO3S. The molecule has 2 bridgehead atoms. The molecule has 0 aliphatic carbocycles. The van der Waals surface area contributed by atoms with Crippen LogP contribution in [0.3, 0.4) is 0 Å². The van der Waals surface area contributed by atoms with Crippen LogP contribution in [0.2, 0.25) is 0 Å². The monoisotopic (exact) mass is 295 g/mol. The smallest absolute Gasteiger partial charge is 0.264 e. The van der Waals surface area contributed by atoms with Crippen molar-refractivity contribution in [2.75, 3.05) is 6.26 Å². The first kappa shape index (κ1) is 14.0.